The van der Waals surface area contributed by atoms with Crippen molar-refractivity contribution in [2.24, 2.45) is 16.1 Å². The van der Waals surface area contributed by atoms with Crippen LogP contribution in [0, 0.1) is 5.92 Å². The van der Waals surface area contributed by atoms with Crippen LogP contribution in [0.2, 0.25) is 0 Å². The molecule has 0 unspecified atom stereocenters. The summed E-state index contributed by atoms with van der Waals surface area (Å²) in [6, 6.07) is 13.5. The average molecular weight is 336 g/mol. The number of benzene rings is 2. The number of fused-ring (bicyclic) bond motifs is 1. The second-order valence-electron chi connectivity index (χ2n) is 6.23. The summed E-state index contributed by atoms with van der Waals surface area (Å²) in [6.07, 6.45) is 0. The van der Waals surface area contributed by atoms with Gasteiger partial charge in [0.05, 0.1) is 17.2 Å². The summed E-state index contributed by atoms with van der Waals surface area (Å²) in [4.78, 5) is 10.8. The Morgan fingerprint density at radius 1 is 1.12 bits per heavy atom. The van der Waals surface area contributed by atoms with Crippen molar-refractivity contribution in [2.75, 3.05) is 0 Å². The molecule has 3 rings (SSSR count). The van der Waals surface area contributed by atoms with E-state index in [2.05, 4.69) is 24.1 Å². The monoisotopic (exact) mass is 336 g/mol. The van der Waals surface area contributed by atoms with E-state index in [-0.39, 0.29) is 11.4 Å². The third-order valence-corrected chi connectivity index (χ3v) is 3.83. The van der Waals surface area contributed by atoms with E-state index in [0.717, 1.165) is 10.9 Å². The fourth-order valence-electron chi connectivity index (χ4n) is 2.69. The van der Waals surface area contributed by atoms with Crippen molar-refractivity contribution in [1.82, 2.24) is 4.57 Å². The number of hydrogen-bond acceptors (Lipinski definition) is 5. The number of aromatic carboxylic acids is 1. The van der Waals surface area contributed by atoms with Gasteiger partial charge in [0.15, 0.2) is 5.69 Å². The molecule has 0 bridgehead atoms. The Morgan fingerprint density at radius 3 is 2.44 bits per heavy atom. The molecule has 25 heavy (non-hydrogen) atoms. The first-order valence-electron chi connectivity index (χ1n) is 8.00. The van der Waals surface area contributed by atoms with Gasteiger partial charge in [0, 0.05) is 11.9 Å². The van der Waals surface area contributed by atoms with Gasteiger partial charge < -0.3 is 19.6 Å². The Kier molecular flexibility index (Phi) is 4.52. The lowest BCUT2D eigenvalue weighted by Crippen LogP contribution is -2.21. The SMILES string of the molecule is CC(C)Cn1c(O)c(N=Nc2ccc(C(=O)[O-])cc2)c2ccccc21. The van der Waals surface area contributed by atoms with Crippen molar-refractivity contribution in [2.45, 2.75) is 20.4 Å². The number of aromatic nitrogens is 1. The van der Waals surface area contributed by atoms with E-state index in [1.54, 1.807) is 12.1 Å². The minimum absolute atomic E-state index is 0.0741. The third kappa shape index (κ3) is 3.38. The van der Waals surface area contributed by atoms with Crippen LogP contribution in [0.15, 0.2) is 58.8 Å². The molecule has 6 nitrogen and oxygen atoms in total. The number of carbonyl (C=O) groups excluding carboxylic acids is 1. The Morgan fingerprint density at radius 2 is 1.80 bits per heavy atom. The summed E-state index contributed by atoms with van der Waals surface area (Å²) in [7, 11) is 0. The van der Waals surface area contributed by atoms with Crippen molar-refractivity contribution in [3.8, 4) is 5.88 Å². The van der Waals surface area contributed by atoms with Crippen LogP contribution in [0.3, 0.4) is 0 Å². The maximum Gasteiger partial charge on any atom is 0.220 e. The van der Waals surface area contributed by atoms with E-state index in [4.69, 9.17) is 0 Å². The van der Waals surface area contributed by atoms with Gasteiger partial charge in [0.2, 0.25) is 5.88 Å². The van der Waals surface area contributed by atoms with E-state index in [1.165, 1.54) is 12.1 Å². The molecule has 0 saturated carbocycles. The zero-order valence-corrected chi connectivity index (χ0v) is 14.0. The fourth-order valence-corrected chi connectivity index (χ4v) is 2.69. The molecule has 0 aliphatic heterocycles. The van der Waals surface area contributed by atoms with Gasteiger partial charge in [-0.25, -0.2) is 0 Å². The van der Waals surface area contributed by atoms with Crippen LogP contribution < -0.4 is 5.11 Å². The zero-order valence-electron chi connectivity index (χ0n) is 14.0. The lowest BCUT2D eigenvalue weighted by Gasteiger charge is -2.09. The number of aromatic hydroxyl groups is 1. The van der Waals surface area contributed by atoms with Gasteiger partial charge in [0.25, 0.3) is 0 Å². The Bertz CT molecular complexity index is 940. The van der Waals surface area contributed by atoms with Crippen molar-refractivity contribution in [3.05, 3.63) is 54.1 Å². The summed E-state index contributed by atoms with van der Waals surface area (Å²) in [6.45, 7) is 4.82. The third-order valence-electron chi connectivity index (χ3n) is 3.83. The molecule has 0 fully saturated rings. The minimum atomic E-state index is -1.24. The summed E-state index contributed by atoms with van der Waals surface area (Å²) >= 11 is 0. The molecule has 0 amide bonds. The Labute approximate surface area is 145 Å². The molecular weight excluding hydrogens is 318 g/mol. The van der Waals surface area contributed by atoms with Gasteiger partial charge in [-0.05, 0) is 29.7 Å². The minimum Gasteiger partial charge on any atom is -0.545 e. The topological polar surface area (TPSA) is 90.0 Å². The summed E-state index contributed by atoms with van der Waals surface area (Å²) in [5.41, 5.74) is 1.87. The molecule has 1 aromatic heterocycles. The lowest BCUT2D eigenvalue weighted by atomic mass is 10.2. The van der Waals surface area contributed by atoms with E-state index in [0.29, 0.717) is 23.8 Å². The van der Waals surface area contributed by atoms with Gasteiger partial charge in [-0.3, -0.25) is 0 Å². The number of azo groups is 1. The van der Waals surface area contributed by atoms with Gasteiger partial charge in [-0.15, -0.1) is 5.11 Å². The molecule has 1 N–H and O–H groups in total. The number of nitrogens with zero attached hydrogens (tertiary/aromatic N) is 3. The molecular formula is C19H18N3O3-. The van der Waals surface area contributed by atoms with Crippen molar-refractivity contribution in [1.29, 1.82) is 0 Å². The highest BCUT2D eigenvalue weighted by atomic mass is 16.4. The van der Waals surface area contributed by atoms with Crippen LogP contribution in [-0.2, 0) is 6.54 Å². The van der Waals surface area contributed by atoms with Crippen molar-refractivity contribution < 1.29 is 15.0 Å². The first kappa shape index (κ1) is 16.7. The molecule has 2 aromatic carbocycles. The predicted molar refractivity (Wildman–Crippen MR) is 93.4 cm³/mol. The second kappa shape index (κ2) is 6.76. The number of carbonyl (C=O) groups is 1. The van der Waals surface area contributed by atoms with Crippen LogP contribution in [-0.4, -0.2) is 15.6 Å². The van der Waals surface area contributed by atoms with Crippen molar-refractivity contribution >= 4 is 28.2 Å². The molecule has 0 aliphatic rings. The molecule has 3 aromatic rings. The van der Waals surface area contributed by atoms with Gasteiger partial charge >= 0.3 is 0 Å². The summed E-state index contributed by atoms with van der Waals surface area (Å²) < 4.78 is 1.83. The molecule has 0 atom stereocenters. The first-order chi connectivity index (χ1) is 12.0. The molecule has 0 radical (unpaired) electrons. The fraction of sp³-hybridized carbons (Fsp3) is 0.211. The molecule has 128 valence electrons. The Hall–Kier alpha value is -3.15. The Balaban J connectivity index is 2.00. The van der Waals surface area contributed by atoms with Crippen molar-refractivity contribution in [3.63, 3.8) is 0 Å². The number of hydrogen-bond donors (Lipinski definition) is 1. The molecule has 0 saturated heterocycles. The quantitative estimate of drug-likeness (QED) is 0.719. The van der Waals surface area contributed by atoms with E-state index < -0.39 is 5.97 Å². The largest absolute Gasteiger partial charge is 0.545 e. The van der Waals surface area contributed by atoms with Crippen LogP contribution in [0.5, 0.6) is 5.88 Å². The molecule has 1 heterocycles. The highest BCUT2D eigenvalue weighted by Crippen LogP contribution is 2.39. The van der Waals surface area contributed by atoms with Gasteiger partial charge in [-0.2, -0.15) is 5.11 Å². The van der Waals surface area contributed by atoms with E-state index >= 15 is 0 Å². The first-order valence-corrected chi connectivity index (χ1v) is 8.00. The lowest BCUT2D eigenvalue weighted by molar-refractivity contribution is -0.255. The van der Waals surface area contributed by atoms with Gasteiger partial charge in [-0.1, -0.05) is 44.2 Å². The highest BCUT2D eigenvalue weighted by Gasteiger charge is 2.16. The van der Waals surface area contributed by atoms with Crippen LogP contribution in [0.1, 0.15) is 24.2 Å². The summed E-state index contributed by atoms with van der Waals surface area (Å²) in [5, 5.41) is 30.5. The number of carboxylic acid groups (broad SMARTS) is 1. The smallest absolute Gasteiger partial charge is 0.220 e. The average Bonchev–Trinajstić information content (AvgIpc) is 2.85. The van der Waals surface area contributed by atoms with E-state index in [9.17, 15) is 15.0 Å². The number of para-hydroxylation sites is 1. The van der Waals surface area contributed by atoms with Crippen LogP contribution in [0.25, 0.3) is 10.9 Å². The standard InChI is InChI=1S/C19H19N3O3/c1-12(2)11-22-16-6-4-3-5-15(16)17(18(22)23)21-20-14-9-7-13(8-10-14)19(24)25/h3-10,12,23H,11H2,1-2H3,(H,24,25)/p-1. The molecule has 6 heteroatoms. The molecule has 0 aliphatic carbocycles. The van der Waals surface area contributed by atoms with Crippen LogP contribution in [0.4, 0.5) is 11.4 Å². The highest BCUT2D eigenvalue weighted by molar-refractivity contribution is 5.95. The second-order valence-corrected chi connectivity index (χ2v) is 6.23. The summed E-state index contributed by atoms with van der Waals surface area (Å²) in [5.74, 6) is -0.799. The van der Waals surface area contributed by atoms with Crippen LogP contribution >= 0.6 is 0 Å². The maximum absolute atomic E-state index is 10.8. The normalized spacial score (nSPS) is 11.6. The number of rotatable bonds is 5. The van der Waals surface area contributed by atoms with E-state index in [1.807, 2.05) is 28.8 Å². The predicted octanol–water partition coefficient (Wildman–Crippen LogP) is 3.78. The number of carboxylic acids is 1. The molecule has 0 spiro atoms. The van der Waals surface area contributed by atoms with Gasteiger partial charge in [0.1, 0.15) is 0 Å². The zero-order chi connectivity index (χ0) is 18.0. The maximum atomic E-state index is 10.8.